The molecular formula is C11H17BrOSi. The van der Waals surface area contributed by atoms with E-state index in [1.54, 1.807) is 0 Å². The van der Waals surface area contributed by atoms with Gasteiger partial charge in [0.2, 0.25) is 0 Å². The summed E-state index contributed by atoms with van der Waals surface area (Å²) in [7, 11) is -0.586. The highest BCUT2D eigenvalue weighted by molar-refractivity contribution is 9.09. The van der Waals surface area contributed by atoms with E-state index in [0.717, 1.165) is 0 Å². The Morgan fingerprint density at radius 1 is 1.21 bits per heavy atom. The Bertz CT molecular complexity index is 268. The molecule has 0 heterocycles. The van der Waals surface area contributed by atoms with Crippen molar-refractivity contribution < 1.29 is 4.43 Å². The first kappa shape index (κ1) is 11.9. The first-order chi connectivity index (χ1) is 6.50. The van der Waals surface area contributed by atoms with E-state index in [9.17, 15) is 0 Å². The SMILES string of the molecule is CC(C)(C)C(Br)O[SiH2]c1ccccc1. The minimum atomic E-state index is -0.586. The molecule has 3 heteroatoms. The van der Waals surface area contributed by atoms with Crippen LogP contribution in [-0.4, -0.2) is 14.8 Å². The smallest absolute Gasteiger partial charge is 0.193 e. The van der Waals surface area contributed by atoms with Gasteiger partial charge in [0.15, 0.2) is 9.76 Å². The maximum Gasteiger partial charge on any atom is 0.193 e. The molecule has 1 rings (SSSR count). The average Bonchev–Trinajstić information content (AvgIpc) is 2.14. The van der Waals surface area contributed by atoms with Crippen LogP contribution in [-0.2, 0) is 4.43 Å². The molecule has 1 unspecified atom stereocenters. The van der Waals surface area contributed by atoms with E-state index in [-0.39, 0.29) is 10.4 Å². The Balaban J connectivity index is 2.42. The zero-order chi connectivity index (χ0) is 10.6. The number of benzene rings is 1. The van der Waals surface area contributed by atoms with Crippen molar-refractivity contribution >= 4 is 30.9 Å². The summed E-state index contributed by atoms with van der Waals surface area (Å²) in [5.41, 5.74) is 0.168. The first-order valence-electron chi connectivity index (χ1n) is 4.80. The molecule has 0 amide bonds. The number of hydrogen-bond acceptors (Lipinski definition) is 1. The van der Waals surface area contributed by atoms with Crippen molar-refractivity contribution in [3.63, 3.8) is 0 Å². The van der Waals surface area contributed by atoms with Crippen LogP contribution < -0.4 is 5.19 Å². The van der Waals surface area contributed by atoms with Crippen LogP contribution in [0.2, 0.25) is 0 Å². The monoisotopic (exact) mass is 272 g/mol. The topological polar surface area (TPSA) is 9.23 Å². The molecule has 0 aliphatic carbocycles. The highest BCUT2D eigenvalue weighted by atomic mass is 79.9. The molecule has 0 saturated carbocycles. The van der Waals surface area contributed by atoms with Gasteiger partial charge < -0.3 is 4.43 Å². The Morgan fingerprint density at radius 2 is 1.79 bits per heavy atom. The van der Waals surface area contributed by atoms with E-state index in [0.29, 0.717) is 0 Å². The molecule has 0 spiro atoms. The summed E-state index contributed by atoms with van der Waals surface area (Å²) < 4.78 is 5.85. The molecule has 0 aliphatic heterocycles. The van der Waals surface area contributed by atoms with Crippen LogP contribution in [0, 0.1) is 5.41 Å². The molecule has 0 saturated heterocycles. The summed E-state index contributed by atoms with van der Waals surface area (Å²) in [6.45, 7) is 6.52. The van der Waals surface area contributed by atoms with Gasteiger partial charge in [0.25, 0.3) is 0 Å². The zero-order valence-electron chi connectivity index (χ0n) is 8.96. The summed E-state index contributed by atoms with van der Waals surface area (Å²) in [5, 5.41) is 1.50. The van der Waals surface area contributed by atoms with Gasteiger partial charge in [-0.05, 0) is 10.6 Å². The highest BCUT2D eigenvalue weighted by Crippen LogP contribution is 2.26. The fraction of sp³-hybridized carbons (Fsp3) is 0.455. The summed E-state index contributed by atoms with van der Waals surface area (Å²) in [6.07, 6.45) is 0. The molecule has 1 aromatic carbocycles. The van der Waals surface area contributed by atoms with E-state index >= 15 is 0 Å². The largest absolute Gasteiger partial charge is 0.406 e. The van der Waals surface area contributed by atoms with Crippen LogP contribution in [0.25, 0.3) is 0 Å². The second kappa shape index (κ2) is 5.10. The van der Waals surface area contributed by atoms with Gasteiger partial charge in [-0.2, -0.15) is 0 Å². The zero-order valence-corrected chi connectivity index (χ0v) is 12.0. The third kappa shape index (κ3) is 3.94. The maximum absolute atomic E-state index is 5.85. The van der Waals surface area contributed by atoms with Crippen LogP contribution in [0.3, 0.4) is 0 Å². The van der Waals surface area contributed by atoms with Gasteiger partial charge in [-0.1, -0.05) is 67.0 Å². The van der Waals surface area contributed by atoms with Crippen LogP contribution >= 0.6 is 15.9 Å². The third-order valence-corrected chi connectivity index (χ3v) is 5.35. The van der Waals surface area contributed by atoms with Gasteiger partial charge in [0.05, 0.1) is 0 Å². The summed E-state index contributed by atoms with van der Waals surface area (Å²) in [6, 6.07) is 10.4. The maximum atomic E-state index is 5.85. The minimum absolute atomic E-state index is 0.155. The van der Waals surface area contributed by atoms with Gasteiger partial charge in [0, 0.05) is 0 Å². The van der Waals surface area contributed by atoms with Crippen molar-refractivity contribution in [1.29, 1.82) is 0 Å². The van der Waals surface area contributed by atoms with Crippen molar-refractivity contribution in [2.45, 2.75) is 25.8 Å². The van der Waals surface area contributed by atoms with Gasteiger partial charge >= 0.3 is 0 Å². The van der Waals surface area contributed by atoms with Crippen molar-refractivity contribution in [3.05, 3.63) is 30.3 Å². The van der Waals surface area contributed by atoms with Crippen molar-refractivity contribution in [1.82, 2.24) is 0 Å². The number of rotatable bonds is 3. The van der Waals surface area contributed by atoms with Gasteiger partial charge in [-0.3, -0.25) is 0 Å². The first-order valence-corrected chi connectivity index (χ1v) is 7.00. The van der Waals surface area contributed by atoms with Crippen molar-refractivity contribution in [2.75, 3.05) is 0 Å². The van der Waals surface area contributed by atoms with E-state index in [4.69, 9.17) is 4.43 Å². The normalized spacial score (nSPS) is 14.9. The second-order valence-electron chi connectivity index (χ2n) is 4.48. The van der Waals surface area contributed by atoms with E-state index in [1.807, 2.05) is 6.07 Å². The molecule has 0 aliphatic rings. The average molecular weight is 273 g/mol. The predicted octanol–water partition coefficient (Wildman–Crippen LogP) is 2.18. The summed E-state index contributed by atoms with van der Waals surface area (Å²) >= 11 is 3.57. The Hall–Kier alpha value is -0.123. The molecule has 1 aromatic rings. The Labute approximate surface area is 96.9 Å². The number of alkyl halides is 1. The molecule has 1 atom stereocenters. The lowest BCUT2D eigenvalue weighted by molar-refractivity contribution is 0.181. The lowest BCUT2D eigenvalue weighted by Crippen LogP contribution is -2.29. The summed E-state index contributed by atoms with van der Waals surface area (Å²) in [5.74, 6) is 0. The molecule has 1 nitrogen and oxygen atoms in total. The molecule has 0 radical (unpaired) electrons. The third-order valence-electron chi connectivity index (χ3n) is 1.92. The van der Waals surface area contributed by atoms with E-state index in [2.05, 4.69) is 61.0 Å². The quantitative estimate of drug-likeness (QED) is 0.606. The van der Waals surface area contributed by atoms with Crippen molar-refractivity contribution in [2.24, 2.45) is 5.41 Å². The van der Waals surface area contributed by atoms with Gasteiger partial charge in [-0.25, -0.2) is 0 Å². The summed E-state index contributed by atoms with van der Waals surface area (Å²) in [4.78, 5) is 0. The van der Waals surface area contributed by atoms with E-state index in [1.165, 1.54) is 5.19 Å². The lowest BCUT2D eigenvalue weighted by Gasteiger charge is -2.25. The molecule has 0 fully saturated rings. The molecule has 0 aromatic heterocycles. The van der Waals surface area contributed by atoms with Crippen molar-refractivity contribution in [3.8, 4) is 0 Å². The molecule has 78 valence electrons. The number of hydrogen-bond donors (Lipinski definition) is 0. The fourth-order valence-electron chi connectivity index (χ4n) is 0.994. The van der Waals surface area contributed by atoms with Gasteiger partial charge in [0.1, 0.15) is 5.01 Å². The Morgan fingerprint density at radius 3 is 2.29 bits per heavy atom. The molecule has 0 bridgehead atoms. The van der Waals surface area contributed by atoms with Crippen LogP contribution in [0.5, 0.6) is 0 Å². The van der Waals surface area contributed by atoms with Crippen LogP contribution in [0.15, 0.2) is 30.3 Å². The second-order valence-corrected chi connectivity index (χ2v) is 6.75. The Kier molecular flexibility index (Phi) is 4.35. The van der Waals surface area contributed by atoms with Crippen LogP contribution in [0.1, 0.15) is 20.8 Å². The fourth-order valence-corrected chi connectivity index (χ4v) is 2.69. The highest BCUT2D eigenvalue weighted by Gasteiger charge is 2.21. The molecule has 0 N–H and O–H groups in total. The molecule has 14 heavy (non-hydrogen) atoms. The predicted molar refractivity (Wildman–Crippen MR) is 67.9 cm³/mol. The minimum Gasteiger partial charge on any atom is -0.406 e. The molecular weight excluding hydrogens is 256 g/mol. The van der Waals surface area contributed by atoms with E-state index < -0.39 is 9.76 Å². The lowest BCUT2D eigenvalue weighted by atomic mass is 9.99. The number of halogens is 1. The standard InChI is InChI=1S/C11H17BrOSi/c1-11(2,3)10(12)13-14-9-7-5-4-6-8-9/h4-8,10H,14H2,1-3H3. The van der Waals surface area contributed by atoms with Crippen LogP contribution in [0.4, 0.5) is 0 Å². The van der Waals surface area contributed by atoms with Gasteiger partial charge in [-0.15, -0.1) is 0 Å².